The Morgan fingerprint density at radius 2 is 2.43 bits per heavy atom. The van der Waals surface area contributed by atoms with Gasteiger partial charge in [0.25, 0.3) is 5.91 Å². The lowest BCUT2D eigenvalue weighted by molar-refractivity contribution is 0.0912. The molecule has 14 heavy (non-hydrogen) atoms. The molecule has 5 heteroatoms. The maximum Gasteiger partial charge on any atom is 0.287 e. The molecule has 1 rings (SSSR count). The first-order valence-electron chi connectivity index (χ1n) is 4.29. The number of hydrogen-bond acceptors (Lipinski definition) is 2. The van der Waals surface area contributed by atoms with Crippen molar-refractivity contribution in [3.8, 4) is 0 Å². The first kappa shape index (κ1) is 11.6. The molecular formula is C9H11BrClNO2. The van der Waals surface area contributed by atoms with Crippen LogP contribution in [0, 0.1) is 0 Å². The largest absolute Gasteiger partial charge is 0.440 e. The maximum atomic E-state index is 11.5. The second-order valence-corrected chi connectivity index (χ2v) is 3.86. The summed E-state index contributed by atoms with van der Waals surface area (Å²) in [4.78, 5) is 11.5. The number of carbonyl (C=O) groups excluding carboxylic acids is 1. The van der Waals surface area contributed by atoms with Gasteiger partial charge in [0, 0.05) is 11.4 Å². The summed E-state index contributed by atoms with van der Waals surface area (Å²) < 4.78 is 4.97. The first-order valence-corrected chi connectivity index (χ1v) is 5.79. The summed E-state index contributed by atoms with van der Waals surface area (Å²) in [6.07, 6.45) is 0.866. The first-order chi connectivity index (χ1) is 6.67. The van der Waals surface area contributed by atoms with Crippen LogP contribution in [0.4, 0.5) is 0 Å². The highest BCUT2D eigenvalue weighted by Crippen LogP contribution is 2.13. The lowest BCUT2D eigenvalue weighted by atomic mass is 10.2. The Morgan fingerprint density at radius 3 is 2.86 bits per heavy atom. The number of hydrogen-bond donors (Lipinski definition) is 1. The standard InChI is InChI=1S/C9H11BrClNO2/c1-2-6(5-10)12-9(13)7-3-4-8(11)14-7/h3-4,6H,2,5H2,1H3,(H,12,13). The average molecular weight is 281 g/mol. The van der Waals surface area contributed by atoms with Gasteiger partial charge < -0.3 is 9.73 Å². The molecule has 78 valence electrons. The minimum Gasteiger partial charge on any atom is -0.440 e. The van der Waals surface area contributed by atoms with Crippen molar-refractivity contribution in [2.75, 3.05) is 5.33 Å². The van der Waals surface area contributed by atoms with E-state index in [1.807, 2.05) is 6.92 Å². The van der Waals surface area contributed by atoms with Crippen molar-refractivity contribution in [3.63, 3.8) is 0 Å². The topological polar surface area (TPSA) is 42.2 Å². The van der Waals surface area contributed by atoms with E-state index in [2.05, 4.69) is 21.2 Å². The monoisotopic (exact) mass is 279 g/mol. The van der Waals surface area contributed by atoms with Crippen LogP contribution < -0.4 is 5.32 Å². The van der Waals surface area contributed by atoms with E-state index in [0.29, 0.717) is 0 Å². The van der Waals surface area contributed by atoms with Gasteiger partial charge in [-0.15, -0.1) is 0 Å². The third-order valence-electron chi connectivity index (χ3n) is 1.81. The molecule has 0 saturated heterocycles. The van der Waals surface area contributed by atoms with Gasteiger partial charge in [-0.25, -0.2) is 0 Å². The molecule has 1 atom stereocenters. The predicted octanol–water partition coefficient (Wildman–Crippen LogP) is 2.84. The van der Waals surface area contributed by atoms with Gasteiger partial charge in [-0.05, 0) is 30.2 Å². The molecule has 0 bridgehead atoms. The van der Waals surface area contributed by atoms with Crippen LogP contribution in [-0.4, -0.2) is 17.3 Å². The molecule has 1 N–H and O–H groups in total. The zero-order valence-electron chi connectivity index (χ0n) is 7.72. The van der Waals surface area contributed by atoms with E-state index >= 15 is 0 Å². The summed E-state index contributed by atoms with van der Waals surface area (Å²) in [6.45, 7) is 2.00. The third kappa shape index (κ3) is 3.03. The lowest BCUT2D eigenvalue weighted by Crippen LogP contribution is -2.35. The van der Waals surface area contributed by atoms with E-state index in [-0.39, 0.29) is 22.9 Å². The van der Waals surface area contributed by atoms with Gasteiger partial charge in [-0.3, -0.25) is 4.79 Å². The van der Waals surface area contributed by atoms with E-state index in [1.165, 1.54) is 0 Å². The Kier molecular flexibility index (Phi) is 4.48. The van der Waals surface area contributed by atoms with Gasteiger partial charge in [0.15, 0.2) is 11.0 Å². The van der Waals surface area contributed by atoms with Crippen molar-refractivity contribution in [1.82, 2.24) is 5.32 Å². The van der Waals surface area contributed by atoms with Crippen LogP contribution in [0.25, 0.3) is 0 Å². The Labute approximate surface area is 95.9 Å². The van der Waals surface area contributed by atoms with Gasteiger partial charge in [0.1, 0.15) is 0 Å². The Morgan fingerprint density at radius 1 is 1.71 bits per heavy atom. The normalized spacial score (nSPS) is 12.5. The Bertz CT molecular complexity index is 310. The van der Waals surface area contributed by atoms with E-state index < -0.39 is 0 Å². The van der Waals surface area contributed by atoms with E-state index in [4.69, 9.17) is 16.0 Å². The summed E-state index contributed by atoms with van der Waals surface area (Å²) in [5.41, 5.74) is 0. The molecular weight excluding hydrogens is 269 g/mol. The summed E-state index contributed by atoms with van der Waals surface area (Å²) in [7, 11) is 0. The van der Waals surface area contributed by atoms with Crippen LogP contribution in [0.2, 0.25) is 5.22 Å². The summed E-state index contributed by atoms with van der Waals surface area (Å²) in [5.74, 6) is 0.0117. The smallest absolute Gasteiger partial charge is 0.287 e. The van der Waals surface area contributed by atoms with Crippen molar-refractivity contribution >= 4 is 33.4 Å². The van der Waals surface area contributed by atoms with Crippen molar-refractivity contribution in [2.24, 2.45) is 0 Å². The minimum absolute atomic E-state index is 0.117. The minimum atomic E-state index is -0.233. The highest BCUT2D eigenvalue weighted by molar-refractivity contribution is 9.09. The molecule has 0 radical (unpaired) electrons. The Hall–Kier alpha value is -0.480. The Balaban J connectivity index is 2.58. The molecule has 1 aromatic heterocycles. The van der Waals surface area contributed by atoms with Gasteiger partial charge in [-0.1, -0.05) is 22.9 Å². The molecule has 0 saturated carbocycles. The third-order valence-corrected chi connectivity index (χ3v) is 2.80. The molecule has 0 spiro atoms. The zero-order valence-corrected chi connectivity index (χ0v) is 10.1. The fourth-order valence-electron chi connectivity index (χ4n) is 0.943. The quantitative estimate of drug-likeness (QED) is 0.862. The zero-order chi connectivity index (χ0) is 10.6. The van der Waals surface area contributed by atoms with Crippen LogP contribution in [0.3, 0.4) is 0 Å². The van der Waals surface area contributed by atoms with E-state index in [1.54, 1.807) is 12.1 Å². The number of furan rings is 1. The summed E-state index contributed by atoms with van der Waals surface area (Å²) in [5, 5.41) is 3.76. The van der Waals surface area contributed by atoms with Crippen LogP contribution in [0.5, 0.6) is 0 Å². The van der Waals surface area contributed by atoms with Crippen LogP contribution in [0.1, 0.15) is 23.9 Å². The number of alkyl halides is 1. The number of amides is 1. The fraction of sp³-hybridized carbons (Fsp3) is 0.444. The highest BCUT2D eigenvalue weighted by atomic mass is 79.9. The van der Waals surface area contributed by atoms with Crippen LogP contribution in [-0.2, 0) is 0 Å². The molecule has 1 aromatic rings. The maximum absolute atomic E-state index is 11.5. The molecule has 0 aromatic carbocycles. The van der Waals surface area contributed by atoms with Crippen molar-refractivity contribution in [1.29, 1.82) is 0 Å². The second kappa shape index (κ2) is 5.41. The number of rotatable bonds is 4. The predicted molar refractivity (Wildman–Crippen MR) is 59.1 cm³/mol. The summed E-state index contributed by atoms with van der Waals surface area (Å²) >= 11 is 8.86. The van der Waals surface area contributed by atoms with Crippen molar-refractivity contribution in [2.45, 2.75) is 19.4 Å². The average Bonchev–Trinajstić information content (AvgIpc) is 2.61. The van der Waals surface area contributed by atoms with Crippen molar-refractivity contribution < 1.29 is 9.21 Å². The van der Waals surface area contributed by atoms with E-state index in [9.17, 15) is 4.79 Å². The van der Waals surface area contributed by atoms with Gasteiger partial charge in [0.2, 0.25) is 0 Å². The fourth-order valence-corrected chi connectivity index (χ4v) is 1.71. The molecule has 1 amide bonds. The number of nitrogens with one attached hydrogen (secondary N) is 1. The molecule has 3 nitrogen and oxygen atoms in total. The molecule has 1 unspecified atom stereocenters. The number of halogens is 2. The molecule has 0 aliphatic rings. The van der Waals surface area contributed by atoms with Crippen LogP contribution in [0.15, 0.2) is 16.5 Å². The van der Waals surface area contributed by atoms with Gasteiger partial charge in [-0.2, -0.15) is 0 Å². The molecule has 0 aliphatic heterocycles. The number of carbonyl (C=O) groups is 1. The SMILES string of the molecule is CCC(CBr)NC(=O)c1ccc(Cl)o1. The van der Waals surface area contributed by atoms with Crippen molar-refractivity contribution in [3.05, 3.63) is 23.1 Å². The highest BCUT2D eigenvalue weighted by Gasteiger charge is 2.13. The second-order valence-electron chi connectivity index (χ2n) is 2.84. The summed E-state index contributed by atoms with van der Waals surface area (Å²) in [6, 6.07) is 3.22. The lowest BCUT2D eigenvalue weighted by Gasteiger charge is -2.12. The van der Waals surface area contributed by atoms with Gasteiger partial charge >= 0.3 is 0 Å². The van der Waals surface area contributed by atoms with Crippen LogP contribution >= 0.6 is 27.5 Å². The molecule has 0 aliphatic carbocycles. The van der Waals surface area contributed by atoms with E-state index in [0.717, 1.165) is 11.8 Å². The van der Waals surface area contributed by atoms with Gasteiger partial charge in [0.05, 0.1) is 0 Å². The molecule has 1 heterocycles. The molecule has 0 fully saturated rings.